The molecule has 1 aromatic carbocycles. The molecule has 1 aliphatic heterocycles. The Bertz CT molecular complexity index is 570. The standard InChI is InChI=1S/C17H26BNO4/c1-12-13(15(20)19-10-11-21-6)8-7-9-14(12)18-22-16(2,3)17(4,5)23-18/h7-9H,10-11H2,1-6H3,(H,19,20). The Kier molecular flexibility index (Phi) is 5.18. The van der Waals surface area contributed by atoms with Crippen molar-refractivity contribution < 1.29 is 18.8 Å². The van der Waals surface area contributed by atoms with E-state index in [0.29, 0.717) is 18.7 Å². The molecule has 1 aliphatic rings. The number of amides is 1. The third-order valence-electron chi connectivity index (χ3n) is 4.72. The maximum Gasteiger partial charge on any atom is 0.495 e. The molecule has 0 spiro atoms. The second-order valence-electron chi connectivity index (χ2n) is 6.86. The van der Waals surface area contributed by atoms with Crippen LogP contribution in [-0.4, -0.2) is 44.5 Å². The fourth-order valence-corrected chi connectivity index (χ4v) is 2.49. The van der Waals surface area contributed by atoms with Crippen LogP contribution in [0.3, 0.4) is 0 Å². The molecule has 1 heterocycles. The Morgan fingerprint density at radius 3 is 2.39 bits per heavy atom. The van der Waals surface area contributed by atoms with Gasteiger partial charge in [0.2, 0.25) is 0 Å². The minimum absolute atomic E-state index is 0.113. The number of ether oxygens (including phenoxy) is 1. The highest BCUT2D eigenvalue weighted by atomic mass is 16.7. The van der Waals surface area contributed by atoms with Crippen LogP contribution in [0.5, 0.6) is 0 Å². The van der Waals surface area contributed by atoms with E-state index in [1.54, 1.807) is 7.11 Å². The van der Waals surface area contributed by atoms with Gasteiger partial charge < -0.3 is 19.4 Å². The molecule has 6 heteroatoms. The van der Waals surface area contributed by atoms with Crippen molar-refractivity contribution >= 4 is 18.5 Å². The molecule has 126 valence electrons. The lowest BCUT2D eigenvalue weighted by Crippen LogP contribution is -2.41. The second-order valence-corrected chi connectivity index (χ2v) is 6.86. The Morgan fingerprint density at radius 1 is 1.22 bits per heavy atom. The summed E-state index contributed by atoms with van der Waals surface area (Å²) in [6.45, 7) is 11.0. The van der Waals surface area contributed by atoms with E-state index in [4.69, 9.17) is 14.0 Å². The average molecular weight is 319 g/mol. The molecule has 1 fully saturated rings. The molecular formula is C17H26BNO4. The highest BCUT2D eigenvalue weighted by molar-refractivity contribution is 6.62. The Morgan fingerprint density at radius 2 is 1.83 bits per heavy atom. The van der Waals surface area contributed by atoms with E-state index >= 15 is 0 Å². The number of hydrogen-bond donors (Lipinski definition) is 1. The van der Waals surface area contributed by atoms with Crippen molar-refractivity contribution in [1.29, 1.82) is 0 Å². The summed E-state index contributed by atoms with van der Waals surface area (Å²) in [7, 11) is 1.14. The second kappa shape index (κ2) is 6.63. The number of methoxy groups -OCH3 is 1. The Labute approximate surface area is 138 Å². The molecular weight excluding hydrogens is 293 g/mol. The molecule has 1 aromatic rings. The van der Waals surface area contributed by atoms with E-state index in [2.05, 4.69) is 5.32 Å². The highest BCUT2D eigenvalue weighted by Crippen LogP contribution is 2.36. The first kappa shape index (κ1) is 18.0. The van der Waals surface area contributed by atoms with E-state index in [0.717, 1.165) is 11.0 Å². The predicted molar refractivity (Wildman–Crippen MR) is 91.1 cm³/mol. The van der Waals surface area contributed by atoms with E-state index in [9.17, 15) is 4.79 Å². The van der Waals surface area contributed by atoms with E-state index in [-0.39, 0.29) is 5.91 Å². The third kappa shape index (κ3) is 3.60. The number of nitrogens with one attached hydrogen (secondary N) is 1. The van der Waals surface area contributed by atoms with Gasteiger partial charge in [0.25, 0.3) is 5.91 Å². The predicted octanol–water partition coefficient (Wildman–Crippen LogP) is 1.67. The molecule has 0 saturated carbocycles. The van der Waals surface area contributed by atoms with Gasteiger partial charge in [0.1, 0.15) is 0 Å². The lowest BCUT2D eigenvalue weighted by Gasteiger charge is -2.32. The van der Waals surface area contributed by atoms with Gasteiger partial charge in [-0.2, -0.15) is 0 Å². The summed E-state index contributed by atoms with van der Waals surface area (Å²) in [4.78, 5) is 12.3. The van der Waals surface area contributed by atoms with Crippen LogP contribution < -0.4 is 10.8 Å². The van der Waals surface area contributed by atoms with Gasteiger partial charge in [0.05, 0.1) is 17.8 Å². The van der Waals surface area contributed by atoms with Gasteiger partial charge in [-0.1, -0.05) is 12.1 Å². The van der Waals surface area contributed by atoms with E-state index in [1.807, 2.05) is 52.8 Å². The first-order chi connectivity index (χ1) is 10.7. The van der Waals surface area contributed by atoms with Crippen molar-refractivity contribution in [2.45, 2.75) is 45.8 Å². The molecule has 0 aromatic heterocycles. The maximum absolute atomic E-state index is 12.3. The fourth-order valence-electron chi connectivity index (χ4n) is 2.49. The minimum atomic E-state index is -0.466. The molecule has 0 radical (unpaired) electrons. The SMILES string of the molecule is COCCNC(=O)c1cccc(B2OC(C)(C)C(C)(C)O2)c1C. The van der Waals surface area contributed by atoms with Gasteiger partial charge in [-0.25, -0.2) is 0 Å². The first-order valence-corrected chi connectivity index (χ1v) is 7.92. The fraction of sp³-hybridized carbons (Fsp3) is 0.588. The molecule has 23 heavy (non-hydrogen) atoms. The lowest BCUT2D eigenvalue weighted by atomic mass is 9.75. The molecule has 0 atom stereocenters. The molecule has 0 aliphatic carbocycles. The quantitative estimate of drug-likeness (QED) is 0.663. The number of benzene rings is 1. The van der Waals surface area contributed by atoms with Crippen molar-refractivity contribution in [3.63, 3.8) is 0 Å². The highest BCUT2D eigenvalue weighted by Gasteiger charge is 2.52. The number of rotatable bonds is 5. The molecule has 1 amide bonds. The summed E-state index contributed by atoms with van der Waals surface area (Å²) >= 11 is 0. The largest absolute Gasteiger partial charge is 0.495 e. The summed E-state index contributed by atoms with van der Waals surface area (Å²) in [6, 6.07) is 5.62. The van der Waals surface area contributed by atoms with Gasteiger partial charge in [0.15, 0.2) is 0 Å². The van der Waals surface area contributed by atoms with Crippen LogP contribution in [0.25, 0.3) is 0 Å². The molecule has 2 rings (SSSR count). The summed E-state index contributed by atoms with van der Waals surface area (Å²) in [5, 5.41) is 2.85. The first-order valence-electron chi connectivity index (χ1n) is 7.92. The zero-order chi connectivity index (χ0) is 17.3. The topological polar surface area (TPSA) is 56.8 Å². The van der Waals surface area contributed by atoms with Crippen LogP contribution in [0.1, 0.15) is 43.6 Å². The summed E-state index contributed by atoms with van der Waals surface area (Å²) < 4.78 is 17.1. The van der Waals surface area contributed by atoms with Crippen molar-refractivity contribution in [2.75, 3.05) is 20.3 Å². The minimum Gasteiger partial charge on any atom is -0.399 e. The molecule has 0 bridgehead atoms. The van der Waals surface area contributed by atoms with Crippen LogP contribution in [0.4, 0.5) is 0 Å². The van der Waals surface area contributed by atoms with Crippen molar-refractivity contribution in [3.05, 3.63) is 29.3 Å². The molecule has 1 N–H and O–H groups in total. The lowest BCUT2D eigenvalue weighted by molar-refractivity contribution is 0.00578. The van der Waals surface area contributed by atoms with Gasteiger partial charge >= 0.3 is 7.12 Å². The van der Waals surface area contributed by atoms with Crippen LogP contribution in [0.15, 0.2) is 18.2 Å². The van der Waals surface area contributed by atoms with Gasteiger partial charge in [-0.3, -0.25) is 4.79 Å². The van der Waals surface area contributed by atoms with Gasteiger partial charge in [-0.15, -0.1) is 0 Å². The van der Waals surface area contributed by atoms with Crippen molar-refractivity contribution in [2.24, 2.45) is 0 Å². The van der Waals surface area contributed by atoms with Gasteiger partial charge in [-0.05, 0) is 51.7 Å². The van der Waals surface area contributed by atoms with Crippen LogP contribution in [0, 0.1) is 6.92 Å². The maximum atomic E-state index is 12.3. The number of carbonyl (C=O) groups is 1. The van der Waals surface area contributed by atoms with Crippen molar-refractivity contribution in [1.82, 2.24) is 5.32 Å². The summed E-state index contributed by atoms with van der Waals surface area (Å²) in [5.41, 5.74) is 1.60. The molecule has 1 saturated heterocycles. The summed E-state index contributed by atoms with van der Waals surface area (Å²) in [6.07, 6.45) is 0. The van der Waals surface area contributed by atoms with E-state index < -0.39 is 18.3 Å². The monoisotopic (exact) mass is 319 g/mol. The Hall–Kier alpha value is -1.37. The van der Waals surface area contributed by atoms with Crippen LogP contribution in [0.2, 0.25) is 0 Å². The normalized spacial score (nSPS) is 19.0. The molecule has 0 unspecified atom stereocenters. The average Bonchev–Trinajstić information content (AvgIpc) is 2.67. The van der Waals surface area contributed by atoms with Gasteiger partial charge in [0, 0.05) is 19.2 Å². The van der Waals surface area contributed by atoms with Crippen molar-refractivity contribution in [3.8, 4) is 0 Å². The van der Waals surface area contributed by atoms with Crippen LogP contribution >= 0.6 is 0 Å². The summed E-state index contributed by atoms with van der Waals surface area (Å²) in [5.74, 6) is -0.113. The zero-order valence-electron chi connectivity index (χ0n) is 14.9. The molecule has 5 nitrogen and oxygen atoms in total. The number of hydrogen-bond acceptors (Lipinski definition) is 4. The third-order valence-corrected chi connectivity index (χ3v) is 4.72. The number of carbonyl (C=O) groups excluding carboxylic acids is 1. The van der Waals surface area contributed by atoms with E-state index in [1.165, 1.54) is 0 Å². The smallest absolute Gasteiger partial charge is 0.399 e. The van der Waals surface area contributed by atoms with Crippen LogP contribution in [-0.2, 0) is 14.0 Å². The Balaban J connectivity index is 2.22. The zero-order valence-corrected chi connectivity index (χ0v) is 14.9.